The Kier molecular flexibility index (Phi) is 10.00. The van der Waals surface area contributed by atoms with Gasteiger partial charge in [-0.05, 0) is 74.7 Å². The highest BCUT2D eigenvalue weighted by molar-refractivity contribution is 7.91. The molecular formula is C32H39N5O5S. The maximum Gasteiger partial charge on any atom is 0.252 e. The van der Waals surface area contributed by atoms with Crippen LogP contribution in [0.4, 0.5) is 11.4 Å². The van der Waals surface area contributed by atoms with E-state index in [2.05, 4.69) is 29.9 Å². The van der Waals surface area contributed by atoms with Crippen molar-refractivity contribution in [3.8, 4) is 6.07 Å². The van der Waals surface area contributed by atoms with Crippen LogP contribution in [0, 0.1) is 18.3 Å². The fourth-order valence-electron chi connectivity index (χ4n) is 5.41. The van der Waals surface area contributed by atoms with Gasteiger partial charge in [0.05, 0.1) is 41.1 Å². The minimum Gasteiger partial charge on any atom is -0.341 e. The number of rotatable bonds is 10. The average molecular weight is 606 g/mol. The van der Waals surface area contributed by atoms with Crippen LogP contribution < -0.4 is 20.4 Å². The molecule has 2 aromatic rings. The number of nitriles is 1. The third-order valence-electron chi connectivity index (χ3n) is 7.62. The topological polar surface area (TPSA) is 140 Å². The van der Waals surface area contributed by atoms with Crippen LogP contribution in [-0.4, -0.2) is 62.3 Å². The van der Waals surface area contributed by atoms with Crippen molar-refractivity contribution in [1.82, 2.24) is 10.6 Å². The molecule has 0 fully saturated rings. The molecule has 0 bridgehead atoms. The van der Waals surface area contributed by atoms with Crippen LogP contribution in [0.3, 0.4) is 0 Å². The maximum absolute atomic E-state index is 14.6. The molecular weight excluding hydrogens is 566 g/mol. The van der Waals surface area contributed by atoms with Crippen molar-refractivity contribution in [2.24, 2.45) is 0 Å². The van der Waals surface area contributed by atoms with Gasteiger partial charge in [0, 0.05) is 6.26 Å². The summed E-state index contributed by atoms with van der Waals surface area (Å²) in [7, 11) is -3.78. The number of benzene rings is 2. The number of sulfone groups is 1. The SMILES string of the molecule is C=Cc1ccc(C)c(CN2C(=O)[C@@H](NC(=O)[C@H](C)NCC)C(C)(C)N(C(=O)CS(C)(=O)=O)c3cc(C#N)ccc32)c1C=C. The van der Waals surface area contributed by atoms with Crippen LogP contribution in [0.5, 0.6) is 0 Å². The molecule has 11 heteroatoms. The van der Waals surface area contributed by atoms with E-state index in [1.54, 1.807) is 39.0 Å². The molecule has 10 nitrogen and oxygen atoms in total. The van der Waals surface area contributed by atoms with Gasteiger partial charge < -0.3 is 20.4 Å². The Hall–Kier alpha value is -4.27. The van der Waals surface area contributed by atoms with Crippen molar-refractivity contribution in [2.75, 3.05) is 28.4 Å². The van der Waals surface area contributed by atoms with Crippen LogP contribution >= 0.6 is 0 Å². The van der Waals surface area contributed by atoms with Gasteiger partial charge in [-0.2, -0.15) is 5.26 Å². The standard InChI is InChI=1S/C32H39N5O5S/c1-9-23-14-12-20(4)25(24(23)10-2)18-36-26-15-13-22(17-33)16-27(26)37(28(38)19-43(8,41)42)32(6,7)29(31(36)40)35-30(39)21(5)34-11-3/h9-10,12-16,21,29,34H,1-2,11,18-19H2,3-8H3,(H,35,39)/t21-,29+/m0/s1. The Morgan fingerprint density at radius 3 is 2.40 bits per heavy atom. The van der Waals surface area contributed by atoms with E-state index in [9.17, 15) is 28.1 Å². The van der Waals surface area contributed by atoms with Crippen molar-refractivity contribution in [2.45, 2.75) is 58.8 Å². The molecule has 0 saturated heterocycles. The molecule has 2 aromatic carbocycles. The normalized spacial score (nSPS) is 16.9. The number of aryl methyl sites for hydroxylation is 1. The number of anilines is 2. The average Bonchev–Trinajstić information content (AvgIpc) is 2.99. The third-order valence-corrected chi connectivity index (χ3v) is 8.39. The van der Waals surface area contributed by atoms with Crippen LogP contribution in [0.1, 0.15) is 55.5 Å². The maximum atomic E-state index is 14.6. The third kappa shape index (κ3) is 6.87. The van der Waals surface area contributed by atoms with Gasteiger partial charge in [0.25, 0.3) is 5.91 Å². The molecule has 3 amide bonds. The highest BCUT2D eigenvalue weighted by Crippen LogP contribution is 2.42. The number of hydrogen-bond acceptors (Lipinski definition) is 7. The quantitative estimate of drug-likeness (QED) is 0.423. The fraction of sp³-hybridized carbons (Fsp3) is 0.375. The fourth-order valence-corrected chi connectivity index (χ4v) is 5.99. The highest BCUT2D eigenvalue weighted by atomic mass is 32.2. The lowest BCUT2D eigenvalue weighted by Crippen LogP contribution is -2.66. The van der Waals surface area contributed by atoms with Crippen molar-refractivity contribution < 1.29 is 22.8 Å². The Morgan fingerprint density at radius 1 is 1.16 bits per heavy atom. The smallest absolute Gasteiger partial charge is 0.252 e. The summed E-state index contributed by atoms with van der Waals surface area (Å²) >= 11 is 0. The summed E-state index contributed by atoms with van der Waals surface area (Å²) in [6.45, 7) is 17.0. The van der Waals surface area contributed by atoms with Gasteiger partial charge in [0.1, 0.15) is 11.8 Å². The second-order valence-electron chi connectivity index (χ2n) is 11.2. The van der Waals surface area contributed by atoms with Gasteiger partial charge in [-0.25, -0.2) is 8.42 Å². The molecule has 0 spiro atoms. The molecule has 0 saturated carbocycles. The minimum absolute atomic E-state index is 0.0337. The monoisotopic (exact) mass is 605 g/mol. The molecule has 228 valence electrons. The first-order valence-electron chi connectivity index (χ1n) is 13.9. The van der Waals surface area contributed by atoms with Crippen LogP contribution in [0.25, 0.3) is 12.2 Å². The molecule has 1 aliphatic heterocycles. The van der Waals surface area contributed by atoms with Gasteiger partial charge >= 0.3 is 0 Å². The Bertz CT molecular complexity index is 1620. The zero-order valence-corrected chi connectivity index (χ0v) is 26.3. The van der Waals surface area contributed by atoms with Crippen molar-refractivity contribution in [3.63, 3.8) is 0 Å². The van der Waals surface area contributed by atoms with E-state index >= 15 is 0 Å². The van der Waals surface area contributed by atoms with Crippen molar-refractivity contribution >= 4 is 51.1 Å². The van der Waals surface area contributed by atoms with E-state index in [1.807, 2.05) is 26.0 Å². The number of hydrogen-bond donors (Lipinski definition) is 2. The number of nitrogens with zero attached hydrogens (tertiary/aromatic N) is 3. The molecule has 2 N–H and O–H groups in total. The van der Waals surface area contributed by atoms with Crippen LogP contribution in [0.2, 0.25) is 0 Å². The van der Waals surface area contributed by atoms with Crippen LogP contribution in [-0.2, 0) is 30.8 Å². The largest absolute Gasteiger partial charge is 0.341 e. The lowest BCUT2D eigenvalue weighted by Gasteiger charge is -2.42. The summed E-state index contributed by atoms with van der Waals surface area (Å²) in [4.78, 5) is 44.5. The predicted octanol–water partition coefficient (Wildman–Crippen LogP) is 3.34. The molecule has 0 unspecified atom stereocenters. The molecule has 1 aliphatic rings. The van der Waals surface area contributed by atoms with E-state index in [-0.39, 0.29) is 23.5 Å². The molecule has 0 aliphatic carbocycles. The zero-order chi connectivity index (χ0) is 32.3. The summed E-state index contributed by atoms with van der Waals surface area (Å²) in [5.74, 6) is -2.62. The Balaban J connectivity index is 2.37. The molecule has 3 rings (SSSR count). The number of fused-ring (bicyclic) bond motifs is 1. The van der Waals surface area contributed by atoms with Gasteiger partial charge in [-0.3, -0.25) is 14.4 Å². The number of carbonyl (C=O) groups is 3. The first kappa shape index (κ1) is 33.2. The van der Waals surface area contributed by atoms with Crippen molar-refractivity contribution in [1.29, 1.82) is 5.26 Å². The Morgan fingerprint density at radius 2 is 1.84 bits per heavy atom. The number of carbonyl (C=O) groups excluding carboxylic acids is 3. The predicted molar refractivity (Wildman–Crippen MR) is 170 cm³/mol. The first-order chi connectivity index (χ1) is 20.1. The summed E-state index contributed by atoms with van der Waals surface area (Å²) < 4.78 is 24.6. The second-order valence-corrected chi connectivity index (χ2v) is 13.3. The summed E-state index contributed by atoms with van der Waals surface area (Å²) in [5.41, 5.74) is 2.44. The second kappa shape index (κ2) is 12.9. The molecule has 1 heterocycles. The van der Waals surface area contributed by atoms with E-state index in [4.69, 9.17) is 0 Å². The summed E-state index contributed by atoms with van der Waals surface area (Å²) in [6, 6.07) is 8.48. The van der Waals surface area contributed by atoms with E-state index in [0.717, 1.165) is 28.5 Å². The lowest BCUT2D eigenvalue weighted by atomic mass is 9.90. The Labute approximate surface area is 254 Å². The van der Waals surface area contributed by atoms with Crippen molar-refractivity contribution in [3.05, 3.63) is 71.3 Å². The zero-order valence-electron chi connectivity index (χ0n) is 25.5. The van der Waals surface area contributed by atoms with E-state index < -0.39 is 50.9 Å². The number of nitrogens with one attached hydrogen (secondary N) is 2. The molecule has 43 heavy (non-hydrogen) atoms. The molecule has 0 aromatic heterocycles. The first-order valence-corrected chi connectivity index (χ1v) is 15.9. The summed E-state index contributed by atoms with van der Waals surface area (Å²) in [5, 5.41) is 15.6. The van der Waals surface area contributed by atoms with Gasteiger partial charge in [0.15, 0.2) is 9.84 Å². The summed E-state index contributed by atoms with van der Waals surface area (Å²) in [6.07, 6.45) is 4.32. The lowest BCUT2D eigenvalue weighted by molar-refractivity contribution is -0.130. The molecule has 0 radical (unpaired) electrons. The minimum atomic E-state index is -3.78. The van der Waals surface area contributed by atoms with E-state index in [1.165, 1.54) is 21.9 Å². The van der Waals surface area contributed by atoms with Crippen LogP contribution in [0.15, 0.2) is 43.5 Å². The van der Waals surface area contributed by atoms with Gasteiger partial charge in [-0.1, -0.05) is 44.4 Å². The molecule has 2 atom stereocenters. The number of likely N-dealkylation sites (N-methyl/N-ethyl adjacent to an activating group) is 1. The van der Waals surface area contributed by atoms with Gasteiger partial charge in [0.2, 0.25) is 11.8 Å². The number of amides is 3. The van der Waals surface area contributed by atoms with E-state index in [0.29, 0.717) is 6.54 Å². The highest BCUT2D eigenvalue weighted by Gasteiger charge is 2.50. The van der Waals surface area contributed by atoms with Gasteiger partial charge in [-0.15, -0.1) is 0 Å².